The molecule has 2 aliphatic rings. The molecule has 20 heavy (non-hydrogen) atoms. The van der Waals surface area contributed by atoms with Crippen molar-refractivity contribution in [2.24, 2.45) is 0 Å². The molecule has 108 valence electrons. The minimum atomic E-state index is -2.66. The molecule has 1 fully saturated rings. The van der Waals surface area contributed by atoms with Gasteiger partial charge in [-0.2, -0.15) is 4.98 Å². The molecule has 0 bridgehead atoms. The molecule has 0 aromatic carbocycles. The first kappa shape index (κ1) is 13.5. The van der Waals surface area contributed by atoms with Crippen LogP contribution >= 0.6 is 11.6 Å². The van der Waals surface area contributed by atoms with Crippen LogP contribution < -0.4 is 10.2 Å². The highest BCUT2D eigenvalue weighted by Gasteiger charge is 2.51. The van der Waals surface area contributed by atoms with Gasteiger partial charge in [0.05, 0.1) is 6.20 Å². The Balaban J connectivity index is 2.00. The number of carbonyl (C=O) groups excluding carboxylic acids is 1. The summed E-state index contributed by atoms with van der Waals surface area (Å²) in [6, 6.07) is -0.903. The van der Waals surface area contributed by atoms with E-state index in [-0.39, 0.29) is 24.0 Å². The lowest BCUT2D eigenvalue weighted by molar-refractivity contribution is -0.120. The number of hydrogen-bond donors (Lipinski definition) is 1. The van der Waals surface area contributed by atoms with Crippen molar-refractivity contribution in [2.75, 3.05) is 10.2 Å². The van der Waals surface area contributed by atoms with Gasteiger partial charge in [0.25, 0.3) is 5.92 Å². The van der Waals surface area contributed by atoms with Crippen LogP contribution in [0.1, 0.15) is 26.2 Å². The van der Waals surface area contributed by atoms with Gasteiger partial charge in [-0.1, -0.05) is 6.92 Å². The fourth-order valence-electron chi connectivity index (χ4n) is 2.76. The lowest BCUT2D eigenvalue weighted by Gasteiger charge is -2.48. The Morgan fingerprint density at radius 1 is 1.55 bits per heavy atom. The van der Waals surface area contributed by atoms with E-state index in [4.69, 9.17) is 11.6 Å². The Bertz CT molecular complexity index is 560. The number of anilines is 2. The summed E-state index contributed by atoms with van der Waals surface area (Å²) in [4.78, 5) is 21.6. The minimum absolute atomic E-state index is 0.0332. The van der Waals surface area contributed by atoms with Crippen molar-refractivity contribution in [3.63, 3.8) is 0 Å². The van der Waals surface area contributed by atoms with Gasteiger partial charge >= 0.3 is 0 Å². The number of fused-ring (bicyclic) bond motifs is 1. The van der Waals surface area contributed by atoms with E-state index in [0.29, 0.717) is 17.9 Å². The van der Waals surface area contributed by atoms with Crippen LogP contribution in [0.25, 0.3) is 0 Å². The molecule has 1 atom stereocenters. The van der Waals surface area contributed by atoms with Gasteiger partial charge in [0, 0.05) is 18.9 Å². The zero-order chi connectivity index (χ0) is 14.5. The number of hydrogen-bond acceptors (Lipinski definition) is 4. The van der Waals surface area contributed by atoms with E-state index in [1.54, 1.807) is 4.90 Å². The molecular formula is C12H13ClF2N4O. The Morgan fingerprint density at radius 2 is 2.25 bits per heavy atom. The molecule has 1 aliphatic carbocycles. The maximum atomic E-state index is 13.1. The third kappa shape index (κ3) is 2.09. The molecule has 5 nitrogen and oxygen atoms in total. The number of rotatable bonds is 2. The summed E-state index contributed by atoms with van der Waals surface area (Å²) in [5, 5.41) is 2.72. The molecule has 1 amide bonds. The summed E-state index contributed by atoms with van der Waals surface area (Å²) in [6.07, 6.45) is 1.38. The average Bonchev–Trinajstić information content (AvgIpc) is 2.35. The second-order valence-electron chi connectivity index (χ2n) is 5.11. The van der Waals surface area contributed by atoms with E-state index in [0.717, 1.165) is 0 Å². The summed E-state index contributed by atoms with van der Waals surface area (Å²) < 4.78 is 26.3. The monoisotopic (exact) mass is 302 g/mol. The van der Waals surface area contributed by atoms with Crippen molar-refractivity contribution < 1.29 is 13.6 Å². The SMILES string of the molecule is CCC1C(=O)Nc2cnc(Cl)nc2N1C1CC(F)(F)C1. The van der Waals surface area contributed by atoms with Crippen LogP contribution in [-0.4, -0.2) is 33.9 Å². The first-order chi connectivity index (χ1) is 9.41. The van der Waals surface area contributed by atoms with Crippen LogP contribution in [0, 0.1) is 0 Å². The number of alkyl halides is 2. The predicted molar refractivity (Wildman–Crippen MR) is 70.2 cm³/mol. The van der Waals surface area contributed by atoms with Crippen LogP contribution in [0.3, 0.4) is 0 Å². The van der Waals surface area contributed by atoms with E-state index >= 15 is 0 Å². The van der Waals surface area contributed by atoms with E-state index in [2.05, 4.69) is 15.3 Å². The molecule has 1 aromatic heterocycles. The van der Waals surface area contributed by atoms with Crippen molar-refractivity contribution >= 4 is 29.0 Å². The van der Waals surface area contributed by atoms with Crippen LogP contribution in [0.5, 0.6) is 0 Å². The lowest BCUT2D eigenvalue weighted by Crippen LogP contribution is -2.59. The molecule has 1 aliphatic heterocycles. The van der Waals surface area contributed by atoms with Crippen LogP contribution in [-0.2, 0) is 4.79 Å². The maximum absolute atomic E-state index is 13.1. The lowest BCUT2D eigenvalue weighted by atomic mass is 9.85. The summed E-state index contributed by atoms with van der Waals surface area (Å²) in [5.41, 5.74) is 0.416. The van der Waals surface area contributed by atoms with Gasteiger partial charge in [0.15, 0.2) is 5.82 Å². The molecule has 0 radical (unpaired) electrons. The van der Waals surface area contributed by atoms with E-state index < -0.39 is 18.0 Å². The maximum Gasteiger partial charge on any atom is 0.252 e. The van der Waals surface area contributed by atoms with Gasteiger partial charge in [-0.25, -0.2) is 13.8 Å². The Morgan fingerprint density at radius 3 is 2.85 bits per heavy atom. The van der Waals surface area contributed by atoms with E-state index in [9.17, 15) is 13.6 Å². The van der Waals surface area contributed by atoms with Crippen molar-refractivity contribution in [1.82, 2.24) is 9.97 Å². The van der Waals surface area contributed by atoms with Crippen LogP contribution in [0.2, 0.25) is 5.28 Å². The van der Waals surface area contributed by atoms with Crippen molar-refractivity contribution in [2.45, 2.75) is 44.2 Å². The zero-order valence-electron chi connectivity index (χ0n) is 10.7. The standard InChI is InChI=1S/C12H13ClF2N4O/c1-2-8-10(20)17-7-5-16-11(13)18-9(7)19(8)6-3-12(14,15)4-6/h5-6,8H,2-4H2,1H3,(H,17,20). The molecular weight excluding hydrogens is 290 g/mol. The van der Waals surface area contributed by atoms with Crippen molar-refractivity contribution in [1.29, 1.82) is 0 Å². The van der Waals surface area contributed by atoms with Crippen LogP contribution in [0.15, 0.2) is 6.20 Å². The van der Waals surface area contributed by atoms with E-state index in [1.807, 2.05) is 6.92 Å². The molecule has 2 heterocycles. The van der Waals surface area contributed by atoms with Gasteiger partial charge in [-0.3, -0.25) is 4.79 Å². The average molecular weight is 303 g/mol. The number of nitrogens with one attached hydrogen (secondary N) is 1. The number of carbonyl (C=O) groups is 1. The summed E-state index contributed by atoms with van der Waals surface area (Å²) in [7, 11) is 0. The van der Waals surface area contributed by atoms with Crippen molar-refractivity contribution in [3.05, 3.63) is 11.5 Å². The highest BCUT2D eigenvalue weighted by molar-refractivity contribution is 6.28. The highest BCUT2D eigenvalue weighted by atomic mass is 35.5. The third-order valence-electron chi connectivity index (χ3n) is 3.73. The number of aromatic nitrogens is 2. The Kier molecular flexibility index (Phi) is 3.04. The van der Waals surface area contributed by atoms with Crippen molar-refractivity contribution in [3.8, 4) is 0 Å². The number of amides is 1. The number of halogens is 3. The third-order valence-corrected chi connectivity index (χ3v) is 3.91. The molecule has 1 unspecified atom stereocenters. The van der Waals surface area contributed by atoms with Gasteiger partial charge in [-0.05, 0) is 18.0 Å². The van der Waals surface area contributed by atoms with Gasteiger partial charge in [-0.15, -0.1) is 0 Å². The normalized spacial score (nSPS) is 24.9. The molecule has 1 N–H and O–H groups in total. The zero-order valence-corrected chi connectivity index (χ0v) is 11.5. The first-order valence-corrected chi connectivity index (χ1v) is 6.78. The van der Waals surface area contributed by atoms with Gasteiger partial charge < -0.3 is 10.2 Å². The molecule has 1 saturated carbocycles. The smallest absolute Gasteiger partial charge is 0.252 e. The second-order valence-corrected chi connectivity index (χ2v) is 5.45. The van der Waals surface area contributed by atoms with Gasteiger partial charge in [0.2, 0.25) is 11.2 Å². The summed E-state index contributed by atoms with van der Waals surface area (Å²) >= 11 is 5.78. The van der Waals surface area contributed by atoms with Gasteiger partial charge in [0.1, 0.15) is 11.7 Å². The predicted octanol–water partition coefficient (Wildman–Crippen LogP) is 2.46. The molecule has 0 saturated heterocycles. The number of nitrogens with zero attached hydrogens (tertiary/aromatic N) is 3. The molecule has 0 spiro atoms. The first-order valence-electron chi connectivity index (χ1n) is 6.41. The summed E-state index contributed by atoms with van der Waals surface area (Å²) in [5.74, 6) is -2.45. The molecule has 8 heteroatoms. The summed E-state index contributed by atoms with van der Waals surface area (Å²) in [6.45, 7) is 1.84. The highest BCUT2D eigenvalue weighted by Crippen LogP contribution is 2.45. The quantitative estimate of drug-likeness (QED) is 0.853. The fraction of sp³-hybridized carbons (Fsp3) is 0.583. The fourth-order valence-corrected chi connectivity index (χ4v) is 2.89. The Hall–Kier alpha value is -1.50. The second kappa shape index (κ2) is 4.51. The van der Waals surface area contributed by atoms with E-state index in [1.165, 1.54) is 6.20 Å². The molecule has 1 aromatic rings. The van der Waals surface area contributed by atoms with Crippen LogP contribution in [0.4, 0.5) is 20.3 Å². The minimum Gasteiger partial charge on any atom is -0.339 e. The Labute approximate surface area is 119 Å². The molecule has 3 rings (SSSR count). The topological polar surface area (TPSA) is 58.1 Å². The largest absolute Gasteiger partial charge is 0.339 e.